The number of halogens is 1. The van der Waals surface area contributed by atoms with Crippen molar-refractivity contribution in [1.29, 1.82) is 0 Å². The molecule has 0 aliphatic heterocycles. The van der Waals surface area contributed by atoms with Gasteiger partial charge in [0.15, 0.2) is 0 Å². The largest absolute Gasteiger partial charge is 0.264 e. The lowest BCUT2D eigenvalue weighted by Crippen LogP contribution is -2.28. The van der Waals surface area contributed by atoms with Gasteiger partial charge in [0.1, 0.15) is 0 Å². The molecule has 0 aromatic carbocycles. The third kappa shape index (κ3) is 5.11. The number of hydrogen-bond acceptors (Lipinski definition) is 3. The summed E-state index contributed by atoms with van der Waals surface area (Å²) in [5.74, 6) is 0.0732. The molecule has 0 atom stereocenters. The maximum atomic E-state index is 11.2. The molecule has 4 nitrogen and oxygen atoms in total. The Hall–Kier alpha value is -0.650. The Kier molecular flexibility index (Phi) is 5.01. The Morgan fingerprint density at radius 1 is 1.47 bits per heavy atom. The summed E-state index contributed by atoms with van der Waals surface area (Å²) in [4.78, 5) is 3.94. The smallest absolute Gasteiger partial charge is 0.212 e. The molecule has 0 unspecified atom stereocenters. The quantitative estimate of drug-likeness (QED) is 0.757. The Balaban J connectivity index is 2.34. The van der Waals surface area contributed by atoms with Crippen molar-refractivity contribution in [2.24, 2.45) is 0 Å². The lowest BCUT2D eigenvalue weighted by molar-refractivity contribution is 0.583. The van der Waals surface area contributed by atoms with Crippen molar-refractivity contribution >= 4 is 21.6 Å². The van der Waals surface area contributed by atoms with Crippen LogP contribution >= 0.6 is 11.6 Å². The van der Waals surface area contributed by atoms with Gasteiger partial charge in [0, 0.05) is 24.8 Å². The summed E-state index contributed by atoms with van der Waals surface area (Å²) in [6.45, 7) is 0.380. The maximum Gasteiger partial charge on any atom is 0.212 e. The summed E-state index contributed by atoms with van der Waals surface area (Å²) >= 11 is 5.35. The van der Waals surface area contributed by atoms with Crippen molar-refractivity contribution in [3.8, 4) is 0 Å². The molecule has 1 rings (SSSR count). The number of nitrogens with zero attached hydrogens (tertiary/aromatic N) is 1. The molecule has 15 heavy (non-hydrogen) atoms. The van der Waals surface area contributed by atoms with Crippen LogP contribution in [0, 0.1) is 0 Å². The van der Waals surface area contributed by atoms with Crippen molar-refractivity contribution in [1.82, 2.24) is 9.71 Å². The molecule has 84 valence electrons. The van der Waals surface area contributed by atoms with E-state index in [-0.39, 0.29) is 11.6 Å². The van der Waals surface area contributed by atoms with Crippen LogP contribution in [0.25, 0.3) is 0 Å². The minimum atomic E-state index is -3.20. The van der Waals surface area contributed by atoms with Gasteiger partial charge >= 0.3 is 0 Å². The van der Waals surface area contributed by atoms with Crippen LogP contribution in [-0.4, -0.2) is 31.6 Å². The molecule has 0 aliphatic rings. The molecule has 0 aliphatic carbocycles. The van der Waals surface area contributed by atoms with E-state index in [1.54, 1.807) is 12.4 Å². The minimum absolute atomic E-state index is 0.0401. The molecule has 0 bridgehead atoms. The molecule has 1 heterocycles. The topological polar surface area (TPSA) is 59.1 Å². The molecule has 0 saturated heterocycles. The van der Waals surface area contributed by atoms with E-state index in [9.17, 15) is 8.42 Å². The van der Waals surface area contributed by atoms with E-state index in [1.165, 1.54) is 0 Å². The standard InChI is InChI=1S/C9H13ClN2O2S/c10-4-7-15(13,14)12-6-3-9-2-1-5-11-8-9/h1-2,5,8,12H,3-4,6-7H2. The van der Waals surface area contributed by atoms with Gasteiger partial charge < -0.3 is 0 Å². The molecule has 0 amide bonds. The van der Waals surface area contributed by atoms with Gasteiger partial charge in [-0.1, -0.05) is 6.07 Å². The molecule has 0 fully saturated rings. The zero-order valence-electron chi connectivity index (χ0n) is 8.19. The van der Waals surface area contributed by atoms with Crippen LogP contribution < -0.4 is 4.72 Å². The van der Waals surface area contributed by atoms with Gasteiger partial charge in [0.25, 0.3) is 0 Å². The number of rotatable bonds is 6. The first-order valence-electron chi connectivity index (χ1n) is 4.56. The Morgan fingerprint density at radius 2 is 2.27 bits per heavy atom. The van der Waals surface area contributed by atoms with Gasteiger partial charge in [-0.3, -0.25) is 4.98 Å². The van der Waals surface area contributed by atoms with Crippen molar-refractivity contribution in [2.45, 2.75) is 6.42 Å². The highest BCUT2D eigenvalue weighted by Gasteiger charge is 2.07. The zero-order chi connectivity index (χ0) is 11.1. The Bertz CT molecular complexity index is 380. The van der Waals surface area contributed by atoms with Crippen molar-refractivity contribution in [2.75, 3.05) is 18.2 Å². The predicted molar refractivity (Wildman–Crippen MR) is 60.5 cm³/mol. The lowest BCUT2D eigenvalue weighted by Gasteiger charge is -2.04. The third-order valence-electron chi connectivity index (χ3n) is 1.80. The van der Waals surface area contributed by atoms with E-state index in [0.717, 1.165) is 5.56 Å². The second kappa shape index (κ2) is 6.05. The van der Waals surface area contributed by atoms with Crippen LogP contribution in [0.5, 0.6) is 0 Å². The van der Waals surface area contributed by atoms with E-state index >= 15 is 0 Å². The van der Waals surface area contributed by atoms with Gasteiger partial charge in [-0.15, -0.1) is 11.6 Å². The fourth-order valence-electron chi connectivity index (χ4n) is 1.07. The second-order valence-corrected chi connectivity index (χ2v) is 5.32. The van der Waals surface area contributed by atoms with E-state index in [0.29, 0.717) is 13.0 Å². The van der Waals surface area contributed by atoms with Crippen LogP contribution in [0.4, 0.5) is 0 Å². The first-order chi connectivity index (χ1) is 7.14. The van der Waals surface area contributed by atoms with Crippen LogP contribution in [0.2, 0.25) is 0 Å². The van der Waals surface area contributed by atoms with Crippen molar-refractivity contribution < 1.29 is 8.42 Å². The average molecular weight is 249 g/mol. The molecular weight excluding hydrogens is 236 g/mol. The van der Waals surface area contributed by atoms with Gasteiger partial charge in [-0.05, 0) is 18.1 Å². The number of alkyl halides is 1. The molecule has 6 heteroatoms. The SMILES string of the molecule is O=S(=O)(CCCl)NCCc1cccnc1. The molecule has 0 spiro atoms. The summed E-state index contributed by atoms with van der Waals surface area (Å²) in [6.07, 6.45) is 4.03. The molecule has 1 aromatic rings. The summed E-state index contributed by atoms with van der Waals surface area (Å²) < 4.78 is 24.9. The van der Waals surface area contributed by atoms with E-state index in [4.69, 9.17) is 11.6 Å². The Labute approximate surface area is 94.7 Å². The predicted octanol–water partition coefficient (Wildman–Crippen LogP) is 0.782. The summed E-state index contributed by atoms with van der Waals surface area (Å²) in [5.41, 5.74) is 1.01. The number of pyridine rings is 1. The number of aromatic nitrogens is 1. The number of sulfonamides is 1. The fraction of sp³-hybridized carbons (Fsp3) is 0.444. The van der Waals surface area contributed by atoms with Gasteiger partial charge in [-0.2, -0.15) is 0 Å². The molecule has 0 radical (unpaired) electrons. The minimum Gasteiger partial charge on any atom is -0.264 e. The summed E-state index contributed by atoms with van der Waals surface area (Å²) in [6, 6.07) is 3.73. The summed E-state index contributed by atoms with van der Waals surface area (Å²) in [5, 5.41) is 0. The van der Waals surface area contributed by atoms with Crippen molar-refractivity contribution in [3.63, 3.8) is 0 Å². The van der Waals surface area contributed by atoms with Crippen LogP contribution in [0.1, 0.15) is 5.56 Å². The molecule has 0 saturated carbocycles. The first-order valence-corrected chi connectivity index (χ1v) is 6.75. The van der Waals surface area contributed by atoms with Gasteiger partial charge in [-0.25, -0.2) is 13.1 Å². The second-order valence-electron chi connectivity index (χ2n) is 3.01. The molecular formula is C9H13ClN2O2S. The number of nitrogens with one attached hydrogen (secondary N) is 1. The third-order valence-corrected chi connectivity index (χ3v) is 3.60. The number of hydrogen-bond donors (Lipinski definition) is 1. The van der Waals surface area contributed by atoms with E-state index in [1.807, 2.05) is 12.1 Å². The van der Waals surface area contributed by atoms with Crippen LogP contribution in [0.3, 0.4) is 0 Å². The fourth-order valence-corrected chi connectivity index (χ4v) is 2.44. The normalized spacial score (nSPS) is 11.5. The monoisotopic (exact) mass is 248 g/mol. The van der Waals surface area contributed by atoms with Crippen molar-refractivity contribution in [3.05, 3.63) is 30.1 Å². The highest BCUT2D eigenvalue weighted by molar-refractivity contribution is 7.89. The van der Waals surface area contributed by atoms with Crippen LogP contribution in [0.15, 0.2) is 24.5 Å². The first kappa shape index (κ1) is 12.4. The molecule has 1 N–H and O–H groups in total. The highest BCUT2D eigenvalue weighted by atomic mass is 35.5. The lowest BCUT2D eigenvalue weighted by atomic mass is 10.2. The van der Waals surface area contributed by atoms with Gasteiger partial charge in [0.05, 0.1) is 5.75 Å². The maximum absolute atomic E-state index is 11.2. The average Bonchev–Trinajstić information content (AvgIpc) is 2.19. The molecule has 1 aromatic heterocycles. The highest BCUT2D eigenvalue weighted by Crippen LogP contribution is 1.96. The Morgan fingerprint density at radius 3 is 2.87 bits per heavy atom. The van der Waals surface area contributed by atoms with Gasteiger partial charge in [0.2, 0.25) is 10.0 Å². The van der Waals surface area contributed by atoms with E-state index in [2.05, 4.69) is 9.71 Å². The zero-order valence-corrected chi connectivity index (χ0v) is 9.76. The van der Waals surface area contributed by atoms with Crippen LogP contribution in [-0.2, 0) is 16.4 Å². The summed E-state index contributed by atoms with van der Waals surface area (Å²) in [7, 11) is -3.20. The van der Waals surface area contributed by atoms with E-state index < -0.39 is 10.0 Å².